The fraction of sp³-hybridized carbons (Fsp3) is 0.321. The monoisotopic (exact) mass is 491 g/mol. The number of pyridine rings is 3. The number of nitrogens with one attached hydrogen (secondary N) is 3. The zero-order valence-corrected chi connectivity index (χ0v) is 20.8. The summed E-state index contributed by atoms with van der Waals surface area (Å²) >= 11 is 0. The Balaban J connectivity index is 1.28. The highest BCUT2D eigenvalue weighted by atomic mass is 15.2. The molecule has 1 saturated carbocycles. The summed E-state index contributed by atoms with van der Waals surface area (Å²) in [6.07, 6.45) is 13.9. The Morgan fingerprint density at radius 2 is 1.92 bits per heavy atom. The highest BCUT2D eigenvalue weighted by Crippen LogP contribution is 2.44. The van der Waals surface area contributed by atoms with Crippen molar-refractivity contribution in [1.29, 1.82) is 0 Å². The third-order valence-corrected chi connectivity index (χ3v) is 7.47. The molecule has 5 aromatic heterocycles. The van der Waals surface area contributed by atoms with Gasteiger partial charge in [0.15, 0.2) is 5.82 Å². The van der Waals surface area contributed by atoms with Gasteiger partial charge in [-0.15, -0.1) is 0 Å². The van der Waals surface area contributed by atoms with Crippen molar-refractivity contribution in [2.24, 2.45) is 0 Å². The van der Waals surface area contributed by atoms with E-state index in [0.29, 0.717) is 11.7 Å². The van der Waals surface area contributed by atoms with E-state index in [0.717, 1.165) is 65.2 Å². The minimum absolute atomic E-state index is 0.0227. The first kappa shape index (κ1) is 22.1. The van der Waals surface area contributed by atoms with Gasteiger partial charge in [-0.1, -0.05) is 0 Å². The van der Waals surface area contributed by atoms with Gasteiger partial charge in [-0.3, -0.25) is 4.98 Å². The fourth-order valence-electron chi connectivity index (χ4n) is 5.21. The van der Waals surface area contributed by atoms with E-state index < -0.39 is 0 Å². The Bertz CT molecular complexity index is 1600. The van der Waals surface area contributed by atoms with Gasteiger partial charge >= 0.3 is 0 Å². The molecular formula is C28H29N9. The second-order valence-corrected chi connectivity index (χ2v) is 10.4. The summed E-state index contributed by atoms with van der Waals surface area (Å²) < 4.78 is 1.83. The second kappa shape index (κ2) is 8.77. The minimum Gasteiger partial charge on any atom is -0.364 e. The van der Waals surface area contributed by atoms with Crippen LogP contribution in [0.5, 0.6) is 0 Å². The molecule has 1 aliphatic heterocycles. The van der Waals surface area contributed by atoms with Crippen LogP contribution >= 0.6 is 0 Å². The molecule has 1 saturated heterocycles. The van der Waals surface area contributed by atoms with Crippen LogP contribution in [0.15, 0.2) is 61.3 Å². The normalized spacial score (nSPS) is 17.2. The van der Waals surface area contributed by atoms with Gasteiger partial charge in [0, 0.05) is 47.0 Å². The predicted octanol–water partition coefficient (Wildman–Crippen LogP) is 4.91. The van der Waals surface area contributed by atoms with E-state index in [1.807, 2.05) is 53.4 Å². The van der Waals surface area contributed by atoms with E-state index in [-0.39, 0.29) is 5.54 Å². The predicted molar refractivity (Wildman–Crippen MR) is 145 cm³/mol. The third-order valence-electron chi connectivity index (χ3n) is 7.47. The highest BCUT2D eigenvalue weighted by molar-refractivity contribution is 5.94. The topological polar surface area (TPSA) is 105 Å². The van der Waals surface area contributed by atoms with Crippen LogP contribution < -0.4 is 16.0 Å². The number of nitrogens with zero attached hydrogens (tertiary/aromatic N) is 6. The van der Waals surface area contributed by atoms with Crippen LogP contribution in [0.2, 0.25) is 0 Å². The third kappa shape index (κ3) is 4.35. The maximum atomic E-state index is 5.13. The maximum absolute atomic E-state index is 5.13. The molecule has 6 heterocycles. The average Bonchev–Trinajstić information content (AvgIpc) is 3.66. The fourth-order valence-corrected chi connectivity index (χ4v) is 5.21. The van der Waals surface area contributed by atoms with Crippen LogP contribution in [0, 0.1) is 0 Å². The molecule has 7 rings (SSSR count). The van der Waals surface area contributed by atoms with Gasteiger partial charge in [0.1, 0.15) is 11.6 Å². The van der Waals surface area contributed by atoms with Crippen molar-refractivity contribution in [2.75, 3.05) is 23.7 Å². The lowest BCUT2D eigenvalue weighted by molar-refractivity contribution is 0.364. The number of hydrogen-bond donors (Lipinski definition) is 3. The Morgan fingerprint density at radius 3 is 2.78 bits per heavy atom. The summed E-state index contributed by atoms with van der Waals surface area (Å²) in [4.78, 5) is 19.2. The number of rotatable bonds is 6. The Morgan fingerprint density at radius 1 is 1.03 bits per heavy atom. The van der Waals surface area contributed by atoms with Crippen LogP contribution in [-0.2, 0) is 0 Å². The quantitative estimate of drug-likeness (QED) is 0.308. The Labute approximate surface area is 214 Å². The van der Waals surface area contributed by atoms with E-state index in [2.05, 4.69) is 37.9 Å². The molecule has 37 heavy (non-hydrogen) atoms. The van der Waals surface area contributed by atoms with Crippen molar-refractivity contribution in [3.8, 4) is 11.4 Å². The molecule has 0 atom stereocenters. The molecule has 9 heteroatoms. The first-order valence-electron chi connectivity index (χ1n) is 13.0. The van der Waals surface area contributed by atoms with Crippen molar-refractivity contribution in [2.45, 2.75) is 44.1 Å². The van der Waals surface area contributed by atoms with Crippen molar-refractivity contribution >= 4 is 33.7 Å². The number of hydrogen-bond acceptors (Lipinski definition) is 8. The lowest BCUT2D eigenvalue weighted by atomic mass is 9.90. The van der Waals surface area contributed by atoms with Gasteiger partial charge < -0.3 is 16.0 Å². The number of piperidine rings is 1. The van der Waals surface area contributed by atoms with Crippen molar-refractivity contribution in [3.05, 3.63) is 66.9 Å². The Kier molecular flexibility index (Phi) is 5.24. The summed E-state index contributed by atoms with van der Waals surface area (Å²) in [7, 11) is 0. The molecule has 0 spiro atoms. The Hall–Kier alpha value is -4.11. The van der Waals surface area contributed by atoms with E-state index in [1.54, 1.807) is 12.4 Å². The lowest BCUT2D eigenvalue weighted by Gasteiger charge is -2.36. The van der Waals surface area contributed by atoms with Crippen LogP contribution in [0.3, 0.4) is 0 Å². The van der Waals surface area contributed by atoms with E-state index >= 15 is 0 Å². The molecule has 3 N–H and O–H groups in total. The minimum atomic E-state index is -0.0227. The highest BCUT2D eigenvalue weighted by Gasteiger charge is 2.31. The summed E-state index contributed by atoms with van der Waals surface area (Å²) in [5, 5.41) is 16.1. The lowest BCUT2D eigenvalue weighted by Crippen LogP contribution is -2.45. The maximum Gasteiger partial charge on any atom is 0.162 e. The molecule has 1 aliphatic carbocycles. The van der Waals surface area contributed by atoms with Gasteiger partial charge in [-0.2, -0.15) is 5.10 Å². The number of aromatic nitrogens is 6. The molecule has 0 radical (unpaired) electrons. The first-order valence-corrected chi connectivity index (χ1v) is 13.0. The number of fused-ring (bicyclic) bond motifs is 2. The van der Waals surface area contributed by atoms with Crippen molar-refractivity contribution < 1.29 is 0 Å². The zero-order chi connectivity index (χ0) is 24.8. The van der Waals surface area contributed by atoms with E-state index in [4.69, 9.17) is 9.97 Å². The van der Waals surface area contributed by atoms with Crippen molar-refractivity contribution in [3.63, 3.8) is 0 Å². The largest absolute Gasteiger partial charge is 0.364 e. The average molecular weight is 492 g/mol. The van der Waals surface area contributed by atoms with E-state index in [9.17, 15) is 0 Å². The van der Waals surface area contributed by atoms with Gasteiger partial charge in [0.25, 0.3) is 0 Å². The molecule has 186 valence electrons. The smallest absolute Gasteiger partial charge is 0.162 e. The summed E-state index contributed by atoms with van der Waals surface area (Å²) in [5.74, 6) is 2.86. The first-order chi connectivity index (χ1) is 18.1. The second-order valence-electron chi connectivity index (χ2n) is 10.4. The summed E-state index contributed by atoms with van der Waals surface area (Å²) in [6, 6.07) is 9.95. The SMILES string of the molecule is CC1(Nc2nc(-c3ccnc(Nc4ccn5nccc5c4)c3)nc3cncc(C4CC4)c23)CCNCC1. The molecule has 0 amide bonds. The van der Waals surface area contributed by atoms with E-state index in [1.165, 1.54) is 18.4 Å². The molecule has 0 aromatic carbocycles. The molecule has 9 nitrogen and oxygen atoms in total. The van der Waals surface area contributed by atoms with Crippen LogP contribution in [0.4, 0.5) is 17.3 Å². The van der Waals surface area contributed by atoms with Gasteiger partial charge in [-0.05, 0) is 87.5 Å². The molecule has 2 aliphatic rings. The zero-order valence-electron chi connectivity index (χ0n) is 20.8. The molecular weight excluding hydrogens is 462 g/mol. The van der Waals surface area contributed by atoms with Crippen molar-refractivity contribution in [1.82, 2.24) is 34.9 Å². The standard InChI is InChI=1S/C28H29N9/c1-28(7-11-29-12-8-28)36-27-25-22(18-2-3-18)16-30-17-23(25)34-26(35-27)19-4-9-31-24(14-19)33-20-6-13-37-21(15-20)5-10-32-37/h4-6,9-10,13-18,29H,2-3,7-8,11-12H2,1H3,(H,31,33)(H,34,35,36). The molecule has 0 unspecified atom stereocenters. The number of anilines is 3. The molecule has 0 bridgehead atoms. The molecule has 5 aromatic rings. The van der Waals surface area contributed by atoms with Gasteiger partial charge in [0.2, 0.25) is 0 Å². The van der Waals surface area contributed by atoms with Gasteiger partial charge in [0.05, 0.1) is 17.2 Å². The van der Waals surface area contributed by atoms with Gasteiger partial charge in [-0.25, -0.2) is 19.5 Å². The van der Waals surface area contributed by atoms with Crippen LogP contribution in [-0.4, -0.2) is 48.2 Å². The van der Waals surface area contributed by atoms with Crippen LogP contribution in [0.1, 0.15) is 44.1 Å². The summed E-state index contributed by atoms with van der Waals surface area (Å²) in [6.45, 7) is 4.30. The molecule has 2 fully saturated rings. The van der Waals surface area contributed by atoms with Crippen LogP contribution in [0.25, 0.3) is 27.8 Å². The summed E-state index contributed by atoms with van der Waals surface area (Å²) in [5.41, 5.74) is 4.98.